The Balaban J connectivity index is 1.62. The molecule has 1 atom stereocenters. The van der Waals surface area contributed by atoms with Gasteiger partial charge in [-0.3, -0.25) is 4.79 Å². The molecule has 1 heterocycles. The van der Waals surface area contributed by atoms with Gasteiger partial charge in [-0.1, -0.05) is 54.1 Å². The van der Waals surface area contributed by atoms with Crippen LogP contribution in [0.4, 0.5) is 0 Å². The number of amides is 1. The van der Waals surface area contributed by atoms with Crippen molar-refractivity contribution in [1.82, 2.24) is 10.3 Å². The molecule has 2 N–H and O–H groups in total. The van der Waals surface area contributed by atoms with E-state index in [1.807, 2.05) is 74.6 Å². The summed E-state index contributed by atoms with van der Waals surface area (Å²) in [5.74, 6) is 1.35. The van der Waals surface area contributed by atoms with E-state index in [9.17, 15) is 4.79 Å². The van der Waals surface area contributed by atoms with Gasteiger partial charge in [-0.05, 0) is 48.7 Å². The number of H-pyrrole nitrogens is 1. The predicted molar refractivity (Wildman–Crippen MR) is 132 cm³/mol. The second-order valence-corrected chi connectivity index (χ2v) is 8.15. The molecule has 0 aliphatic carbocycles. The number of methoxy groups -OCH3 is 1. The lowest BCUT2D eigenvalue weighted by molar-refractivity contribution is -0.120. The smallest absolute Gasteiger partial charge is 0.224 e. The van der Waals surface area contributed by atoms with Gasteiger partial charge >= 0.3 is 0 Å². The molecule has 33 heavy (non-hydrogen) atoms. The van der Waals surface area contributed by atoms with Crippen LogP contribution in [-0.4, -0.2) is 31.2 Å². The third-order valence-corrected chi connectivity index (χ3v) is 5.88. The Labute approximate surface area is 194 Å². The second kappa shape index (κ2) is 10.3. The SMILES string of the molecule is CCOc1ccc(C(CNC(=O)Cc2ccc(C)cc2)c2c[nH]c3ccccc23)cc1OC. The summed E-state index contributed by atoms with van der Waals surface area (Å²) in [5, 5.41) is 4.29. The molecule has 0 spiro atoms. The maximum atomic E-state index is 12.8. The Morgan fingerprint density at radius 2 is 1.82 bits per heavy atom. The summed E-state index contributed by atoms with van der Waals surface area (Å²) in [7, 11) is 1.64. The maximum Gasteiger partial charge on any atom is 0.224 e. The van der Waals surface area contributed by atoms with E-state index in [4.69, 9.17) is 9.47 Å². The van der Waals surface area contributed by atoms with E-state index in [0.717, 1.165) is 27.6 Å². The molecule has 0 saturated heterocycles. The summed E-state index contributed by atoms with van der Waals surface area (Å²) in [6, 6.07) is 22.3. The zero-order valence-corrected chi connectivity index (χ0v) is 19.4. The number of aromatic amines is 1. The minimum atomic E-state index is -0.0484. The lowest BCUT2D eigenvalue weighted by Crippen LogP contribution is -2.30. The molecule has 3 aromatic carbocycles. The summed E-state index contributed by atoms with van der Waals surface area (Å²) in [6.07, 6.45) is 2.39. The number of hydrogen-bond donors (Lipinski definition) is 2. The molecule has 5 heteroatoms. The first-order valence-corrected chi connectivity index (χ1v) is 11.3. The molecule has 1 aromatic heterocycles. The van der Waals surface area contributed by atoms with Crippen LogP contribution in [0.15, 0.2) is 72.9 Å². The van der Waals surface area contributed by atoms with Gasteiger partial charge in [0.1, 0.15) is 0 Å². The fourth-order valence-corrected chi connectivity index (χ4v) is 4.14. The van der Waals surface area contributed by atoms with Gasteiger partial charge in [0.25, 0.3) is 0 Å². The Kier molecular flexibility index (Phi) is 6.98. The Hall–Kier alpha value is -3.73. The standard InChI is InChI=1S/C28H30N2O3/c1-4-33-26-14-13-21(16-27(26)32-3)23(24-18-29-25-8-6-5-7-22(24)25)17-30-28(31)15-20-11-9-19(2)10-12-20/h5-14,16,18,23,29H,4,15,17H2,1-3H3,(H,30,31). The van der Waals surface area contributed by atoms with E-state index in [1.54, 1.807) is 7.11 Å². The van der Waals surface area contributed by atoms with E-state index < -0.39 is 0 Å². The fraction of sp³-hybridized carbons (Fsp3) is 0.250. The molecule has 0 bridgehead atoms. The van der Waals surface area contributed by atoms with Crippen LogP contribution < -0.4 is 14.8 Å². The van der Waals surface area contributed by atoms with Gasteiger partial charge in [-0.25, -0.2) is 0 Å². The zero-order chi connectivity index (χ0) is 23.2. The number of benzene rings is 3. The third kappa shape index (κ3) is 5.20. The quantitative estimate of drug-likeness (QED) is 0.366. The molecule has 0 aliphatic rings. The highest BCUT2D eigenvalue weighted by molar-refractivity contribution is 5.84. The van der Waals surface area contributed by atoms with E-state index in [0.29, 0.717) is 31.1 Å². The molecule has 5 nitrogen and oxygen atoms in total. The highest BCUT2D eigenvalue weighted by atomic mass is 16.5. The molecule has 0 aliphatic heterocycles. The van der Waals surface area contributed by atoms with Crippen LogP contribution >= 0.6 is 0 Å². The highest BCUT2D eigenvalue weighted by Gasteiger charge is 2.21. The number of nitrogens with one attached hydrogen (secondary N) is 2. The van der Waals surface area contributed by atoms with E-state index in [-0.39, 0.29) is 11.8 Å². The van der Waals surface area contributed by atoms with Crippen molar-refractivity contribution in [3.8, 4) is 11.5 Å². The number of para-hydroxylation sites is 1. The van der Waals surface area contributed by atoms with Crippen molar-refractivity contribution in [3.63, 3.8) is 0 Å². The van der Waals surface area contributed by atoms with E-state index >= 15 is 0 Å². The third-order valence-electron chi connectivity index (χ3n) is 5.88. The van der Waals surface area contributed by atoms with Gasteiger partial charge in [0, 0.05) is 29.6 Å². The first-order valence-electron chi connectivity index (χ1n) is 11.3. The van der Waals surface area contributed by atoms with Gasteiger partial charge in [0.05, 0.1) is 20.1 Å². The van der Waals surface area contributed by atoms with Crippen LogP contribution in [0.1, 0.15) is 35.1 Å². The molecular weight excluding hydrogens is 412 g/mol. The van der Waals surface area contributed by atoms with Crippen molar-refractivity contribution in [2.45, 2.75) is 26.2 Å². The highest BCUT2D eigenvalue weighted by Crippen LogP contribution is 2.35. The zero-order valence-electron chi connectivity index (χ0n) is 19.4. The summed E-state index contributed by atoms with van der Waals surface area (Å²) in [5.41, 5.74) is 5.44. The number of aromatic nitrogens is 1. The van der Waals surface area contributed by atoms with Crippen LogP contribution in [0.3, 0.4) is 0 Å². The number of ether oxygens (including phenoxy) is 2. The number of carbonyl (C=O) groups excluding carboxylic acids is 1. The van der Waals surface area contributed by atoms with Crippen LogP contribution in [0.5, 0.6) is 11.5 Å². The number of carbonyl (C=O) groups is 1. The molecule has 4 aromatic rings. The summed E-state index contributed by atoms with van der Waals surface area (Å²) < 4.78 is 11.3. The monoisotopic (exact) mass is 442 g/mol. The van der Waals surface area contributed by atoms with Gasteiger partial charge in [0.15, 0.2) is 11.5 Å². The minimum absolute atomic E-state index is 0.00148. The number of aryl methyl sites for hydroxylation is 1. The van der Waals surface area contributed by atoms with Crippen molar-refractivity contribution in [1.29, 1.82) is 0 Å². The Morgan fingerprint density at radius 3 is 2.58 bits per heavy atom. The molecule has 170 valence electrons. The lowest BCUT2D eigenvalue weighted by atomic mass is 9.90. The summed E-state index contributed by atoms with van der Waals surface area (Å²) in [4.78, 5) is 16.1. The minimum Gasteiger partial charge on any atom is -0.493 e. The lowest BCUT2D eigenvalue weighted by Gasteiger charge is -2.20. The predicted octanol–water partition coefficient (Wildman–Crippen LogP) is 5.37. The van der Waals surface area contributed by atoms with Crippen LogP contribution in [0.2, 0.25) is 0 Å². The first kappa shape index (κ1) is 22.5. The molecule has 1 amide bonds. The average molecular weight is 443 g/mol. The van der Waals surface area contributed by atoms with Crippen molar-refractivity contribution < 1.29 is 14.3 Å². The maximum absolute atomic E-state index is 12.8. The van der Waals surface area contributed by atoms with Crippen molar-refractivity contribution in [2.75, 3.05) is 20.3 Å². The molecule has 0 saturated carbocycles. The largest absolute Gasteiger partial charge is 0.493 e. The number of fused-ring (bicyclic) bond motifs is 1. The Morgan fingerprint density at radius 1 is 1.03 bits per heavy atom. The molecule has 1 unspecified atom stereocenters. The molecule has 0 radical (unpaired) electrons. The van der Waals surface area contributed by atoms with Gasteiger partial charge in [-0.2, -0.15) is 0 Å². The van der Waals surface area contributed by atoms with Crippen LogP contribution in [0, 0.1) is 6.92 Å². The Bertz CT molecular complexity index is 1230. The van der Waals surface area contributed by atoms with Crippen LogP contribution in [-0.2, 0) is 11.2 Å². The summed E-state index contributed by atoms with van der Waals surface area (Å²) in [6.45, 7) is 5.03. The number of hydrogen-bond acceptors (Lipinski definition) is 3. The topological polar surface area (TPSA) is 63.3 Å². The normalized spacial score (nSPS) is 11.8. The van der Waals surface area contributed by atoms with E-state index in [1.165, 1.54) is 5.56 Å². The van der Waals surface area contributed by atoms with Gasteiger partial charge in [-0.15, -0.1) is 0 Å². The first-order chi connectivity index (χ1) is 16.1. The fourth-order valence-electron chi connectivity index (χ4n) is 4.14. The van der Waals surface area contributed by atoms with E-state index in [2.05, 4.69) is 22.4 Å². The van der Waals surface area contributed by atoms with Crippen molar-refractivity contribution in [2.24, 2.45) is 0 Å². The van der Waals surface area contributed by atoms with Gasteiger partial charge < -0.3 is 19.8 Å². The van der Waals surface area contributed by atoms with Gasteiger partial charge in [0.2, 0.25) is 5.91 Å². The van der Waals surface area contributed by atoms with Crippen LogP contribution in [0.25, 0.3) is 10.9 Å². The van der Waals surface area contributed by atoms with Crippen molar-refractivity contribution in [3.05, 3.63) is 95.2 Å². The molecule has 0 fully saturated rings. The molecule has 4 rings (SSSR count). The molecular formula is C28H30N2O3. The number of rotatable bonds is 9. The summed E-state index contributed by atoms with van der Waals surface area (Å²) >= 11 is 0. The average Bonchev–Trinajstić information content (AvgIpc) is 3.25. The van der Waals surface area contributed by atoms with Crippen molar-refractivity contribution >= 4 is 16.8 Å². The second-order valence-electron chi connectivity index (χ2n) is 8.15.